The van der Waals surface area contributed by atoms with E-state index in [1.165, 1.54) is 96.3 Å². The molecule has 0 bridgehead atoms. The first-order valence-electron chi connectivity index (χ1n) is 32.2. The zero-order valence-electron chi connectivity index (χ0n) is 50.6. The molecule has 0 rings (SSSR count). The van der Waals surface area contributed by atoms with Crippen LogP contribution < -0.4 is 0 Å². The number of esters is 3. The lowest BCUT2D eigenvalue weighted by Crippen LogP contribution is -2.30. The van der Waals surface area contributed by atoms with E-state index >= 15 is 0 Å². The zero-order chi connectivity index (χ0) is 56.4. The molecule has 0 aliphatic rings. The number of ether oxygens (including phenoxy) is 3. The summed E-state index contributed by atoms with van der Waals surface area (Å²) in [6.45, 7) is 6.47. The monoisotopic (exact) mass is 1080 g/mol. The zero-order valence-corrected chi connectivity index (χ0v) is 50.6. The molecule has 0 saturated heterocycles. The molecule has 6 heteroatoms. The maximum absolute atomic E-state index is 12.9. The first-order valence-corrected chi connectivity index (χ1v) is 32.2. The number of hydrogen-bond acceptors (Lipinski definition) is 6. The second kappa shape index (κ2) is 65.1. The van der Waals surface area contributed by atoms with E-state index in [1.807, 2.05) is 0 Å². The lowest BCUT2D eigenvalue weighted by atomic mass is 10.1. The largest absolute Gasteiger partial charge is 0.462 e. The van der Waals surface area contributed by atoms with Gasteiger partial charge in [-0.2, -0.15) is 0 Å². The number of carbonyl (C=O) groups excluding carboxylic acids is 3. The van der Waals surface area contributed by atoms with Gasteiger partial charge in [-0.1, -0.05) is 257 Å². The van der Waals surface area contributed by atoms with Crippen LogP contribution >= 0.6 is 0 Å². The molecule has 78 heavy (non-hydrogen) atoms. The van der Waals surface area contributed by atoms with Crippen LogP contribution in [-0.4, -0.2) is 37.2 Å². The molecule has 0 amide bonds. The number of unbranched alkanes of at least 4 members (excludes halogenated alkanes) is 24. The average Bonchev–Trinajstić information content (AvgIpc) is 3.44. The Morgan fingerprint density at radius 1 is 0.269 bits per heavy atom. The third-order valence-corrected chi connectivity index (χ3v) is 13.4. The summed E-state index contributed by atoms with van der Waals surface area (Å²) in [5.74, 6) is -0.948. The molecule has 1 unspecified atom stereocenters. The van der Waals surface area contributed by atoms with Gasteiger partial charge < -0.3 is 14.2 Å². The predicted octanol–water partition coefficient (Wildman–Crippen LogP) is 22.2. The minimum atomic E-state index is -0.804. The molecule has 0 saturated carbocycles. The van der Waals surface area contributed by atoms with Gasteiger partial charge in [-0.15, -0.1) is 0 Å². The number of allylic oxidation sites excluding steroid dienone is 22. The lowest BCUT2D eigenvalue weighted by Gasteiger charge is -2.18. The normalized spacial score (nSPS) is 13.0. The second-order valence-electron chi connectivity index (χ2n) is 20.9. The van der Waals surface area contributed by atoms with Gasteiger partial charge in [0.25, 0.3) is 0 Å². The second-order valence-corrected chi connectivity index (χ2v) is 20.9. The van der Waals surface area contributed by atoms with Crippen LogP contribution in [0.25, 0.3) is 0 Å². The quantitative estimate of drug-likeness (QED) is 0.0261. The average molecular weight is 1080 g/mol. The summed E-state index contributed by atoms with van der Waals surface area (Å²) in [4.78, 5) is 38.3. The molecule has 0 aromatic heterocycles. The maximum atomic E-state index is 12.9. The van der Waals surface area contributed by atoms with E-state index in [9.17, 15) is 14.4 Å². The van der Waals surface area contributed by atoms with Crippen molar-refractivity contribution in [1.82, 2.24) is 0 Å². The topological polar surface area (TPSA) is 78.9 Å². The Kier molecular flexibility index (Phi) is 61.4. The van der Waals surface area contributed by atoms with E-state index in [2.05, 4.69) is 154 Å². The Labute approximate surface area is 481 Å². The first-order chi connectivity index (χ1) is 38.5. The minimum absolute atomic E-state index is 0.0988. The minimum Gasteiger partial charge on any atom is -0.462 e. The van der Waals surface area contributed by atoms with Crippen molar-refractivity contribution in [2.75, 3.05) is 13.2 Å². The van der Waals surface area contributed by atoms with Gasteiger partial charge in [0.15, 0.2) is 6.10 Å². The molecule has 0 fully saturated rings. The van der Waals surface area contributed by atoms with Crippen LogP contribution in [-0.2, 0) is 28.6 Å². The Bertz CT molecular complexity index is 1670. The molecule has 0 radical (unpaired) electrons. The van der Waals surface area contributed by atoms with Gasteiger partial charge in [-0.25, -0.2) is 0 Å². The fourth-order valence-corrected chi connectivity index (χ4v) is 8.54. The van der Waals surface area contributed by atoms with Crippen molar-refractivity contribution in [3.05, 3.63) is 134 Å². The fourth-order valence-electron chi connectivity index (χ4n) is 8.54. The summed E-state index contributed by atoms with van der Waals surface area (Å²) in [5.41, 5.74) is 0. The Morgan fingerprint density at radius 2 is 0.500 bits per heavy atom. The molecular formula is C72H118O6. The molecule has 0 heterocycles. The molecule has 0 N–H and O–H groups in total. The van der Waals surface area contributed by atoms with Crippen molar-refractivity contribution >= 4 is 17.9 Å². The van der Waals surface area contributed by atoms with E-state index in [0.717, 1.165) is 148 Å². The molecular weight excluding hydrogens is 961 g/mol. The SMILES string of the molecule is CC/C=C\C/C=C\C/C=C\C/C=C\C/C=C\C/C=C\C/C=C\C/C=C\C/C=C\CCCCCC(=O)OCC(COC(=O)CCCCCCC/C=C\CCCCCCC)OC(=O)CCCCCCC/C=C\CCCCCCCC. The highest BCUT2D eigenvalue weighted by Crippen LogP contribution is 2.14. The highest BCUT2D eigenvalue weighted by molar-refractivity contribution is 5.71. The number of hydrogen-bond donors (Lipinski definition) is 0. The summed E-state index contributed by atoms with van der Waals surface area (Å²) in [6.07, 6.45) is 91.7. The summed E-state index contributed by atoms with van der Waals surface area (Å²) in [6, 6.07) is 0. The van der Waals surface area contributed by atoms with Crippen molar-refractivity contribution < 1.29 is 28.6 Å². The Balaban J connectivity index is 4.39. The van der Waals surface area contributed by atoms with Crippen LogP contribution in [0.5, 0.6) is 0 Å². The van der Waals surface area contributed by atoms with Gasteiger partial charge in [0.05, 0.1) is 0 Å². The van der Waals surface area contributed by atoms with Crippen molar-refractivity contribution in [3.63, 3.8) is 0 Å². The van der Waals surface area contributed by atoms with E-state index in [1.54, 1.807) is 0 Å². The van der Waals surface area contributed by atoms with Crippen molar-refractivity contribution in [1.29, 1.82) is 0 Å². The van der Waals surface area contributed by atoms with Crippen LogP contribution in [0.3, 0.4) is 0 Å². The van der Waals surface area contributed by atoms with E-state index < -0.39 is 6.10 Å². The standard InChI is InChI=1S/C72H118O6/c1-4-7-10-13-16-19-22-25-28-29-30-31-32-33-34-35-36-37-38-39-40-41-42-43-45-47-50-53-56-59-62-65-71(74)77-68-69(67-76-70(73)64-61-58-55-52-49-46-27-24-21-18-15-12-9-6-3)78-72(75)66-63-60-57-54-51-48-44-26-23-20-17-14-11-8-5-2/h7,10,16,19,24-28,30-31,33-34,36-37,39-40,42-44,47,50,69H,4-6,8-9,11-15,17-18,20-23,29,32,35,38,41,45-46,48-49,51-68H2,1-3H3/b10-7-,19-16-,27-24-,28-25-,31-30-,34-33-,37-36-,40-39-,43-42-,44-26-,50-47-. The molecule has 442 valence electrons. The molecule has 0 aliphatic carbocycles. The van der Waals surface area contributed by atoms with E-state index in [4.69, 9.17) is 14.2 Å². The van der Waals surface area contributed by atoms with E-state index in [0.29, 0.717) is 19.3 Å². The maximum Gasteiger partial charge on any atom is 0.306 e. The number of rotatable bonds is 57. The molecule has 0 aliphatic heterocycles. The molecule has 1 atom stereocenters. The van der Waals surface area contributed by atoms with Crippen molar-refractivity contribution in [3.8, 4) is 0 Å². The van der Waals surface area contributed by atoms with Crippen LogP contribution in [0.4, 0.5) is 0 Å². The molecule has 0 aromatic carbocycles. The highest BCUT2D eigenvalue weighted by atomic mass is 16.6. The van der Waals surface area contributed by atoms with Gasteiger partial charge in [0.1, 0.15) is 13.2 Å². The Hall–Kier alpha value is -4.45. The molecule has 0 spiro atoms. The smallest absolute Gasteiger partial charge is 0.306 e. The first kappa shape index (κ1) is 73.5. The third-order valence-electron chi connectivity index (χ3n) is 13.4. The van der Waals surface area contributed by atoms with Crippen LogP contribution in [0.2, 0.25) is 0 Å². The number of carbonyl (C=O) groups is 3. The molecule has 0 aromatic rings. The summed E-state index contributed by atoms with van der Waals surface area (Å²) in [5, 5.41) is 0. The molecule has 6 nitrogen and oxygen atoms in total. The van der Waals surface area contributed by atoms with Crippen molar-refractivity contribution in [2.24, 2.45) is 0 Å². The van der Waals surface area contributed by atoms with Crippen LogP contribution in [0.1, 0.15) is 284 Å². The van der Waals surface area contributed by atoms with Gasteiger partial charge >= 0.3 is 17.9 Å². The summed E-state index contributed by atoms with van der Waals surface area (Å²) in [7, 11) is 0. The lowest BCUT2D eigenvalue weighted by molar-refractivity contribution is -0.167. The van der Waals surface area contributed by atoms with Crippen molar-refractivity contribution in [2.45, 2.75) is 290 Å². The van der Waals surface area contributed by atoms with Crippen LogP contribution in [0.15, 0.2) is 134 Å². The Morgan fingerprint density at radius 3 is 0.808 bits per heavy atom. The summed E-state index contributed by atoms with van der Waals surface area (Å²) < 4.78 is 16.9. The fraction of sp³-hybridized carbons (Fsp3) is 0.653. The van der Waals surface area contributed by atoms with E-state index in [-0.39, 0.29) is 31.1 Å². The van der Waals surface area contributed by atoms with Gasteiger partial charge in [-0.3, -0.25) is 14.4 Å². The van der Waals surface area contributed by atoms with Gasteiger partial charge in [-0.05, 0) is 141 Å². The van der Waals surface area contributed by atoms with Gasteiger partial charge in [0, 0.05) is 19.3 Å². The predicted molar refractivity (Wildman–Crippen MR) is 339 cm³/mol. The van der Waals surface area contributed by atoms with Crippen LogP contribution in [0, 0.1) is 0 Å². The highest BCUT2D eigenvalue weighted by Gasteiger charge is 2.19. The van der Waals surface area contributed by atoms with Gasteiger partial charge in [0.2, 0.25) is 0 Å². The summed E-state index contributed by atoms with van der Waals surface area (Å²) >= 11 is 0. The third kappa shape index (κ3) is 62.4.